The highest BCUT2D eigenvalue weighted by atomic mass is 32.2. The largest absolute Gasteiger partial charge is 0.508 e. The van der Waals surface area contributed by atoms with Gasteiger partial charge in [0.2, 0.25) is 0 Å². The Hall–Kier alpha value is -1.07. The molecule has 0 saturated heterocycles. The average molecular weight is 229 g/mol. The molecule has 0 bridgehead atoms. The summed E-state index contributed by atoms with van der Waals surface area (Å²) in [4.78, 5) is 0. The van der Waals surface area contributed by atoms with Gasteiger partial charge < -0.3 is 10.8 Å². The van der Waals surface area contributed by atoms with Gasteiger partial charge in [-0.05, 0) is 24.6 Å². The summed E-state index contributed by atoms with van der Waals surface area (Å²) in [5.41, 5.74) is 5.89. The number of sulfone groups is 1. The van der Waals surface area contributed by atoms with Gasteiger partial charge >= 0.3 is 0 Å². The van der Waals surface area contributed by atoms with Crippen molar-refractivity contribution in [1.29, 1.82) is 0 Å². The number of aromatic hydroxyl groups is 1. The summed E-state index contributed by atoms with van der Waals surface area (Å²) in [7, 11) is -3.22. The molecule has 1 rings (SSSR count). The maximum absolute atomic E-state index is 11.7. The third-order valence-corrected chi connectivity index (χ3v) is 4.38. The molecule has 0 saturated carbocycles. The molecule has 0 spiro atoms. The Morgan fingerprint density at radius 3 is 2.67 bits per heavy atom. The van der Waals surface area contributed by atoms with Gasteiger partial charge in [0.15, 0.2) is 9.84 Å². The molecule has 4 nitrogen and oxygen atoms in total. The van der Waals surface area contributed by atoms with Gasteiger partial charge in [-0.25, -0.2) is 8.42 Å². The van der Waals surface area contributed by atoms with E-state index in [9.17, 15) is 13.5 Å². The fraction of sp³-hybridized carbons (Fsp3) is 0.400. The van der Waals surface area contributed by atoms with Gasteiger partial charge in [-0.2, -0.15) is 0 Å². The van der Waals surface area contributed by atoms with Crippen LogP contribution in [0.4, 0.5) is 0 Å². The van der Waals surface area contributed by atoms with E-state index in [2.05, 4.69) is 0 Å². The van der Waals surface area contributed by atoms with Gasteiger partial charge in [0.05, 0.1) is 11.0 Å². The molecule has 0 aliphatic carbocycles. The fourth-order valence-corrected chi connectivity index (χ4v) is 2.39. The maximum atomic E-state index is 11.7. The molecular formula is C10H15NO3S. The summed E-state index contributed by atoms with van der Waals surface area (Å²) in [6.45, 7) is 1.69. The topological polar surface area (TPSA) is 80.4 Å². The predicted molar refractivity (Wildman–Crippen MR) is 59.2 cm³/mol. The first-order valence-corrected chi connectivity index (χ1v) is 6.37. The molecule has 0 aromatic heterocycles. The Morgan fingerprint density at radius 1 is 1.47 bits per heavy atom. The Labute approximate surface area is 89.7 Å². The number of phenols is 1. The second-order valence-corrected chi connectivity index (χ2v) is 5.94. The average Bonchev–Trinajstić information content (AvgIpc) is 2.15. The van der Waals surface area contributed by atoms with E-state index in [-0.39, 0.29) is 18.0 Å². The van der Waals surface area contributed by atoms with Crippen molar-refractivity contribution in [3.8, 4) is 5.75 Å². The highest BCUT2D eigenvalue weighted by Crippen LogP contribution is 2.15. The zero-order chi connectivity index (χ0) is 11.5. The monoisotopic (exact) mass is 229 g/mol. The minimum absolute atomic E-state index is 0.0723. The zero-order valence-corrected chi connectivity index (χ0v) is 9.37. The summed E-state index contributed by atoms with van der Waals surface area (Å²) >= 11 is 0. The van der Waals surface area contributed by atoms with E-state index in [1.807, 2.05) is 0 Å². The highest BCUT2D eigenvalue weighted by molar-refractivity contribution is 7.91. The smallest absolute Gasteiger partial charge is 0.158 e. The van der Waals surface area contributed by atoms with Crippen LogP contribution >= 0.6 is 0 Å². The first-order valence-electron chi connectivity index (χ1n) is 4.65. The number of nitrogens with two attached hydrogens (primary N) is 1. The third-order valence-electron chi connectivity index (χ3n) is 2.22. The number of hydrogen-bond acceptors (Lipinski definition) is 4. The van der Waals surface area contributed by atoms with Crippen molar-refractivity contribution in [1.82, 2.24) is 0 Å². The lowest BCUT2D eigenvalue weighted by atomic mass is 10.2. The van der Waals surface area contributed by atoms with Crippen molar-refractivity contribution in [2.24, 2.45) is 5.73 Å². The van der Waals surface area contributed by atoms with E-state index < -0.39 is 15.1 Å². The molecule has 0 aliphatic heterocycles. The summed E-state index contributed by atoms with van der Waals surface area (Å²) in [5.74, 6) is -0.0112. The molecule has 15 heavy (non-hydrogen) atoms. The van der Waals surface area contributed by atoms with Crippen LogP contribution < -0.4 is 5.73 Å². The van der Waals surface area contributed by atoms with Crippen molar-refractivity contribution in [3.63, 3.8) is 0 Å². The lowest BCUT2D eigenvalue weighted by molar-refractivity contribution is 0.475. The number of phenolic OH excluding ortho intramolecular Hbond substituents is 1. The predicted octanol–water partition coefficient (Wildman–Crippen LogP) is 0.654. The van der Waals surface area contributed by atoms with Crippen molar-refractivity contribution >= 4 is 9.84 Å². The van der Waals surface area contributed by atoms with Crippen LogP contribution in [0.15, 0.2) is 24.3 Å². The van der Waals surface area contributed by atoms with Gasteiger partial charge in [0.25, 0.3) is 0 Å². The van der Waals surface area contributed by atoms with Crippen molar-refractivity contribution in [2.45, 2.75) is 17.9 Å². The second kappa shape index (κ2) is 4.63. The van der Waals surface area contributed by atoms with Gasteiger partial charge in [0, 0.05) is 6.54 Å². The summed E-state index contributed by atoms with van der Waals surface area (Å²) in [5, 5.41) is 8.63. The zero-order valence-electron chi connectivity index (χ0n) is 8.55. The second-order valence-electron chi connectivity index (χ2n) is 3.52. The molecule has 0 amide bonds. The van der Waals surface area contributed by atoms with E-state index in [4.69, 9.17) is 5.73 Å². The molecule has 0 radical (unpaired) electrons. The van der Waals surface area contributed by atoms with Crippen LogP contribution in [0.25, 0.3) is 0 Å². The Balaban J connectivity index is 2.87. The van der Waals surface area contributed by atoms with Crippen LogP contribution in [0.3, 0.4) is 0 Å². The van der Waals surface area contributed by atoms with E-state index in [0.717, 1.165) is 0 Å². The Bertz CT molecular complexity index is 428. The molecule has 1 atom stereocenters. The lowest BCUT2D eigenvalue weighted by Gasteiger charge is -2.10. The Kier molecular flexibility index (Phi) is 3.71. The molecule has 1 aromatic rings. The fourth-order valence-electron chi connectivity index (χ4n) is 1.17. The van der Waals surface area contributed by atoms with Crippen LogP contribution in [0.5, 0.6) is 5.75 Å². The summed E-state index contributed by atoms with van der Waals surface area (Å²) in [6, 6.07) is 6.23. The minimum Gasteiger partial charge on any atom is -0.508 e. The molecule has 5 heteroatoms. The molecule has 3 N–H and O–H groups in total. The normalized spacial score (nSPS) is 13.7. The lowest BCUT2D eigenvalue weighted by Crippen LogP contribution is -2.27. The van der Waals surface area contributed by atoms with Gasteiger partial charge in [-0.1, -0.05) is 12.1 Å². The molecular weight excluding hydrogens is 214 g/mol. The third kappa shape index (κ3) is 3.21. The summed E-state index contributed by atoms with van der Waals surface area (Å²) in [6.07, 6.45) is 0. The van der Waals surface area contributed by atoms with E-state index in [1.165, 1.54) is 12.1 Å². The molecule has 1 aromatic carbocycles. The highest BCUT2D eigenvalue weighted by Gasteiger charge is 2.19. The minimum atomic E-state index is -3.22. The first-order chi connectivity index (χ1) is 6.95. The Morgan fingerprint density at radius 2 is 2.13 bits per heavy atom. The van der Waals surface area contributed by atoms with Gasteiger partial charge in [-0.15, -0.1) is 0 Å². The van der Waals surface area contributed by atoms with Crippen LogP contribution in [-0.4, -0.2) is 25.3 Å². The molecule has 84 valence electrons. The maximum Gasteiger partial charge on any atom is 0.158 e. The van der Waals surface area contributed by atoms with Crippen molar-refractivity contribution in [3.05, 3.63) is 29.8 Å². The van der Waals surface area contributed by atoms with E-state index in [0.29, 0.717) is 5.56 Å². The molecule has 0 fully saturated rings. The number of benzene rings is 1. The van der Waals surface area contributed by atoms with E-state index >= 15 is 0 Å². The van der Waals surface area contributed by atoms with Crippen LogP contribution in [-0.2, 0) is 15.6 Å². The SMILES string of the molecule is CC(CN)S(=O)(=O)Cc1cccc(O)c1. The van der Waals surface area contributed by atoms with Crippen LogP contribution in [0.2, 0.25) is 0 Å². The first kappa shape index (κ1) is 12.0. The molecule has 0 heterocycles. The van der Waals surface area contributed by atoms with Crippen LogP contribution in [0.1, 0.15) is 12.5 Å². The standard InChI is InChI=1S/C10H15NO3S/c1-8(6-11)15(13,14)7-9-3-2-4-10(12)5-9/h2-5,8,12H,6-7,11H2,1H3. The number of hydrogen-bond donors (Lipinski definition) is 2. The van der Waals surface area contributed by atoms with Gasteiger partial charge in [-0.3, -0.25) is 0 Å². The quantitative estimate of drug-likeness (QED) is 0.794. The van der Waals surface area contributed by atoms with Crippen LogP contribution in [0, 0.1) is 0 Å². The van der Waals surface area contributed by atoms with Crippen molar-refractivity contribution in [2.75, 3.05) is 6.54 Å². The van der Waals surface area contributed by atoms with E-state index in [1.54, 1.807) is 19.1 Å². The van der Waals surface area contributed by atoms with Gasteiger partial charge in [0.1, 0.15) is 5.75 Å². The molecule has 0 aliphatic rings. The molecule has 1 unspecified atom stereocenters. The van der Waals surface area contributed by atoms with Crippen molar-refractivity contribution < 1.29 is 13.5 Å². The summed E-state index contributed by atoms with van der Waals surface area (Å²) < 4.78 is 23.4. The number of rotatable bonds is 4.